The Labute approximate surface area is 191 Å². The van der Waals surface area contributed by atoms with E-state index in [1.165, 1.54) is 23.1 Å². The number of carbonyl (C=O) groups excluding carboxylic acids is 1. The van der Waals surface area contributed by atoms with Crippen molar-refractivity contribution >= 4 is 52.8 Å². The quantitative estimate of drug-likeness (QED) is 0.264. The SMILES string of the molecule is O=C(CSc1nn(-c2ccccc2)c(=S)s1)NCc1ccc(-c2ccc(Cl)cc2)o1. The van der Waals surface area contributed by atoms with Gasteiger partial charge in [-0.2, -0.15) is 0 Å². The van der Waals surface area contributed by atoms with E-state index in [1.807, 2.05) is 66.7 Å². The van der Waals surface area contributed by atoms with Crippen LogP contribution in [0.2, 0.25) is 5.02 Å². The van der Waals surface area contributed by atoms with Gasteiger partial charge in [0.25, 0.3) is 0 Å². The fraction of sp³-hybridized carbons (Fsp3) is 0.0952. The second kappa shape index (κ2) is 9.61. The lowest BCUT2D eigenvalue weighted by Crippen LogP contribution is -2.24. The summed E-state index contributed by atoms with van der Waals surface area (Å²) in [5.74, 6) is 1.57. The number of furan rings is 1. The Morgan fingerprint density at radius 1 is 1.13 bits per heavy atom. The topological polar surface area (TPSA) is 60.1 Å². The normalized spacial score (nSPS) is 10.8. The Kier molecular flexibility index (Phi) is 6.69. The van der Waals surface area contributed by atoms with E-state index < -0.39 is 0 Å². The predicted molar refractivity (Wildman–Crippen MR) is 124 cm³/mol. The van der Waals surface area contributed by atoms with Crippen LogP contribution in [0.1, 0.15) is 5.76 Å². The highest BCUT2D eigenvalue weighted by Gasteiger charge is 2.10. The van der Waals surface area contributed by atoms with E-state index in [1.54, 1.807) is 4.68 Å². The first-order valence-electron chi connectivity index (χ1n) is 8.98. The molecule has 0 aliphatic rings. The van der Waals surface area contributed by atoms with Crippen LogP contribution < -0.4 is 5.32 Å². The van der Waals surface area contributed by atoms with Gasteiger partial charge in [0.05, 0.1) is 18.0 Å². The fourth-order valence-corrected chi connectivity index (χ4v) is 4.97. The van der Waals surface area contributed by atoms with Crippen molar-refractivity contribution in [3.63, 3.8) is 0 Å². The molecule has 0 spiro atoms. The van der Waals surface area contributed by atoms with Crippen LogP contribution in [-0.4, -0.2) is 21.4 Å². The number of nitrogens with zero attached hydrogens (tertiary/aromatic N) is 2. The summed E-state index contributed by atoms with van der Waals surface area (Å²) in [5, 5.41) is 8.04. The summed E-state index contributed by atoms with van der Waals surface area (Å²) in [4.78, 5) is 12.2. The van der Waals surface area contributed by atoms with Gasteiger partial charge in [0.15, 0.2) is 8.29 Å². The zero-order valence-electron chi connectivity index (χ0n) is 15.6. The van der Waals surface area contributed by atoms with E-state index in [2.05, 4.69) is 10.4 Å². The van der Waals surface area contributed by atoms with Crippen LogP contribution in [0.4, 0.5) is 0 Å². The van der Waals surface area contributed by atoms with E-state index in [0.29, 0.717) is 21.3 Å². The Morgan fingerprint density at radius 2 is 1.90 bits per heavy atom. The third-order valence-corrected chi connectivity index (χ3v) is 6.72. The highest BCUT2D eigenvalue weighted by atomic mass is 35.5. The van der Waals surface area contributed by atoms with Crippen molar-refractivity contribution in [2.75, 3.05) is 5.75 Å². The van der Waals surface area contributed by atoms with Crippen molar-refractivity contribution in [3.05, 3.63) is 81.5 Å². The summed E-state index contributed by atoms with van der Waals surface area (Å²) in [6.45, 7) is 0.321. The minimum atomic E-state index is -0.100. The highest BCUT2D eigenvalue weighted by molar-refractivity contribution is 8.01. The van der Waals surface area contributed by atoms with Crippen LogP contribution in [0.15, 0.2) is 75.5 Å². The van der Waals surface area contributed by atoms with Gasteiger partial charge in [-0.3, -0.25) is 4.79 Å². The number of benzene rings is 2. The second-order valence-electron chi connectivity index (χ2n) is 6.22. The molecule has 2 heterocycles. The molecule has 0 saturated carbocycles. The fourth-order valence-electron chi connectivity index (χ4n) is 2.66. The van der Waals surface area contributed by atoms with Gasteiger partial charge in [0.2, 0.25) is 5.91 Å². The Balaban J connectivity index is 1.30. The molecule has 1 N–H and O–H groups in total. The molecule has 0 saturated heterocycles. The Bertz CT molecular complexity index is 1200. The first kappa shape index (κ1) is 20.9. The summed E-state index contributed by atoms with van der Waals surface area (Å²) >= 11 is 14.0. The minimum Gasteiger partial charge on any atom is -0.459 e. The summed E-state index contributed by atoms with van der Waals surface area (Å²) in [6.07, 6.45) is 0. The van der Waals surface area contributed by atoms with Crippen molar-refractivity contribution in [2.45, 2.75) is 10.9 Å². The first-order chi connectivity index (χ1) is 14.6. The molecule has 2 aromatic heterocycles. The molecule has 9 heteroatoms. The number of para-hydroxylation sites is 1. The van der Waals surface area contributed by atoms with Crippen LogP contribution in [-0.2, 0) is 11.3 Å². The third-order valence-electron chi connectivity index (χ3n) is 4.11. The molecular weight excluding hydrogens is 458 g/mol. The zero-order valence-corrected chi connectivity index (χ0v) is 18.8. The van der Waals surface area contributed by atoms with E-state index in [9.17, 15) is 4.79 Å². The number of halogens is 1. The lowest BCUT2D eigenvalue weighted by atomic mass is 10.2. The molecule has 1 amide bonds. The first-order valence-corrected chi connectivity index (χ1v) is 11.6. The van der Waals surface area contributed by atoms with Crippen molar-refractivity contribution < 1.29 is 9.21 Å². The maximum Gasteiger partial charge on any atom is 0.230 e. The number of nitrogens with one attached hydrogen (secondary N) is 1. The molecule has 30 heavy (non-hydrogen) atoms. The van der Waals surface area contributed by atoms with E-state index in [4.69, 9.17) is 28.2 Å². The van der Waals surface area contributed by atoms with Gasteiger partial charge in [-0.15, -0.1) is 5.10 Å². The molecule has 0 aliphatic carbocycles. The maximum atomic E-state index is 12.2. The summed E-state index contributed by atoms with van der Waals surface area (Å²) in [7, 11) is 0. The molecule has 0 fully saturated rings. The smallest absolute Gasteiger partial charge is 0.230 e. The van der Waals surface area contributed by atoms with Gasteiger partial charge >= 0.3 is 0 Å². The van der Waals surface area contributed by atoms with Crippen molar-refractivity contribution in [1.29, 1.82) is 0 Å². The van der Waals surface area contributed by atoms with Gasteiger partial charge in [0.1, 0.15) is 11.5 Å². The van der Waals surface area contributed by atoms with E-state index in [0.717, 1.165) is 21.4 Å². The molecule has 0 atom stereocenters. The molecule has 0 bridgehead atoms. The zero-order chi connectivity index (χ0) is 20.9. The van der Waals surface area contributed by atoms with Gasteiger partial charge in [-0.05, 0) is 60.7 Å². The van der Waals surface area contributed by atoms with Crippen LogP contribution in [0, 0.1) is 3.95 Å². The summed E-state index contributed by atoms with van der Waals surface area (Å²) in [6, 6.07) is 20.8. The third kappa shape index (κ3) is 5.20. The van der Waals surface area contributed by atoms with Gasteiger partial charge in [-0.25, -0.2) is 4.68 Å². The van der Waals surface area contributed by atoms with Crippen LogP contribution in [0.5, 0.6) is 0 Å². The van der Waals surface area contributed by atoms with E-state index >= 15 is 0 Å². The van der Waals surface area contributed by atoms with Crippen molar-refractivity contribution in [1.82, 2.24) is 15.1 Å². The number of rotatable bonds is 7. The number of aromatic nitrogens is 2. The Morgan fingerprint density at radius 3 is 2.67 bits per heavy atom. The molecule has 4 rings (SSSR count). The van der Waals surface area contributed by atoms with Crippen LogP contribution >= 0.6 is 46.9 Å². The molecule has 2 aromatic carbocycles. The highest BCUT2D eigenvalue weighted by Crippen LogP contribution is 2.25. The number of thioether (sulfide) groups is 1. The predicted octanol–water partition coefficient (Wildman–Crippen LogP) is 5.99. The molecule has 4 aromatic rings. The van der Waals surface area contributed by atoms with Gasteiger partial charge < -0.3 is 9.73 Å². The minimum absolute atomic E-state index is 0.100. The van der Waals surface area contributed by atoms with Crippen molar-refractivity contribution in [2.24, 2.45) is 0 Å². The summed E-state index contributed by atoms with van der Waals surface area (Å²) < 4.78 is 8.91. The maximum absolute atomic E-state index is 12.2. The second-order valence-corrected chi connectivity index (χ2v) is 9.50. The van der Waals surface area contributed by atoms with E-state index in [-0.39, 0.29) is 11.7 Å². The number of carbonyl (C=O) groups is 1. The van der Waals surface area contributed by atoms with Gasteiger partial charge in [-0.1, -0.05) is 52.9 Å². The largest absolute Gasteiger partial charge is 0.459 e. The lowest BCUT2D eigenvalue weighted by molar-refractivity contribution is -0.118. The molecular formula is C21H16ClN3O2S3. The average Bonchev–Trinajstić information content (AvgIpc) is 3.38. The van der Waals surface area contributed by atoms with Crippen LogP contribution in [0.25, 0.3) is 17.0 Å². The standard InChI is InChI=1S/C21H16ClN3O2S3/c22-15-8-6-14(7-9-15)18-11-10-17(27-18)12-23-19(26)13-29-20-24-25(21(28)30-20)16-4-2-1-3-5-16/h1-11H,12-13H2,(H,23,26). The van der Waals surface area contributed by atoms with Gasteiger partial charge in [0, 0.05) is 10.6 Å². The Hall–Kier alpha value is -2.39. The summed E-state index contributed by atoms with van der Waals surface area (Å²) in [5.41, 5.74) is 1.84. The number of hydrogen-bond acceptors (Lipinski definition) is 6. The molecule has 5 nitrogen and oxygen atoms in total. The van der Waals surface area contributed by atoms with Crippen LogP contribution in [0.3, 0.4) is 0 Å². The molecule has 0 unspecified atom stereocenters. The average molecular weight is 474 g/mol. The molecule has 0 aliphatic heterocycles. The number of hydrogen-bond donors (Lipinski definition) is 1. The van der Waals surface area contributed by atoms with Crippen molar-refractivity contribution in [3.8, 4) is 17.0 Å². The number of amides is 1. The monoisotopic (exact) mass is 473 g/mol. The molecule has 0 radical (unpaired) electrons. The molecule has 152 valence electrons. The lowest BCUT2D eigenvalue weighted by Gasteiger charge is -2.02.